The molecule has 0 amide bonds. The SMILES string of the molecule is C[Si](C)O[Si](C)C.[Y].[Y]. The number of hydrogen-bond donors (Lipinski definition) is 0. The van der Waals surface area contributed by atoms with Gasteiger partial charge >= 0.3 is 0 Å². The first-order chi connectivity index (χ1) is 3.13. The van der Waals surface area contributed by atoms with Crippen LogP contribution < -0.4 is 0 Å². The Labute approximate surface area is 112 Å². The van der Waals surface area contributed by atoms with Crippen LogP contribution in [0.3, 0.4) is 0 Å². The zero-order valence-electron chi connectivity index (χ0n) is 6.56. The normalized spacial score (nSPS) is 8.67. The molecule has 0 fully saturated rings. The van der Waals surface area contributed by atoms with Crippen molar-refractivity contribution in [2.24, 2.45) is 0 Å². The van der Waals surface area contributed by atoms with Crippen molar-refractivity contribution in [1.29, 1.82) is 0 Å². The first-order valence-corrected chi connectivity index (χ1v) is 7.22. The summed E-state index contributed by atoms with van der Waals surface area (Å²) in [6.07, 6.45) is 0. The van der Waals surface area contributed by atoms with E-state index < -0.39 is 0 Å². The Morgan fingerprint density at radius 1 is 0.778 bits per heavy atom. The van der Waals surface area contributed by atoms with Crippen LogP contribution in [0, 0.1) is 0 Å². The zero-order chi connectivity index (χ0) is 5.86. The summed E-state index contributed by atoms with van der Waals surface area (Å²) in [5.74, 6) is 0. The Bertz CT molecular complexity index is 45.8. The molecule has 0 bridgehead atoms. The molecule has 0 aromatic heterocycles. The van der Waals surface area contributed by atoms with Crippen molar-refractivity contribution in [3.63, 3.8) is 0 Å². The van der Waals surface area contributed by atoms with E-state index in [1.165, 1.54) is 0 Å². The predicted molar refractivity (Wildman–Crippen MR) is 36.0 cm³/mol. The maximum atomic E-state index is 5.45. The Morgan fingerprint density at radius 2 is 1.00 bits per heavy atom. The Morgan fingerprint density at radius 3 is 1.00 bits per heavy atom. The van der Waals surface area contributed by atoms with E-state index in [1.807, 2.05) is 0 Å². The molecule has 0 rings (SSSR count). The second-order valence-electron chi connectivity index (χ2n) is 1.92. The van der Waals surface area contributed by atoms with Crippen LogP contribution >= 0.6 is 0 Å². The minimum atomic E-state index is -0.389. The van der Waals surface area contributed by atoms with E-state index in [-0.39, 0.29) is 83.5 Å². The van der Waals surface area contributed by atoms with Crippen LogP contribution in [0.25, 0.3) is 0 Å². The molecule has 4 radical (unpaired) electrons. The summed E-state index contributed by atoms with van der Waals surface area (Å²) in [6.45, 7) is 8.68. The fourth-order valence-electron chi connectivity index (χ4n) is 0.408. The number of rotatable bonds is 2. The first kappa shape index (κ1) is 17.6. The summed E-state index contributed by atoms with van der Waals surface area (Å²) < 4.78 is 5.45. The van der Waals surface area contributed by atoms with Crippen LogP contribution in [0.5, 0.6) is 0 Å². The van der Waals surface area contributed by atoms with Crippen LogP contribution in [0.4, 0.5) is 0 Å². The maximum Gasteiger partial charge on any atom is 0.191 e. The Balaban J connectivity index is -0.000000180. The molecule has 0 saturated carbocycles. The van der Waals surface area contributed by atoms with Crippen LogP contribution in [-0.4, -0.2) is 18.1 Å². The molecule has 0 saturated heterocycles. The predicted octanol–water partition coefficient (Wildman–Crippen LogP) is 1.50. The molecule has 0 heterocycles. The molecule has 0 aliphatic rings. The average Bonchev–Trinajstić information content (AvgIpc) is 1.27. The molecule has 0 aliphatic carbocycles. The second-order valence-corrected chi connectivity index (χ2v) is 6.37. The van der Waals surface area contributed by atoms with Gasteiger partial charge in [0, 0.05) is 65.4 Å². The van der Waals surface area contributed by atoms with Gasteiger partial charge in [-0.15, -0.1) is 0 Å². The molecular formula is C4H12OSi2Y2. The molecule has 9 heavy (non-hydrogen) atoms. The molecule has 0 aromatic carbocycles. The summed E-state index contributed by atoms with van der Waals surface area (Å²) in [6, 6.07) is 0. The van der Waals surface area contributed by atoms with Crippen molar-refractivity contribution in [3.8, 4) is 0 Å². The van der Waals surface area contributed by atoms with Crippen molar-refractivity contribution < 1.29 is 69.5 Å². The molecule has 0 aromatic rings. The molecule has 0 spiro atoms. The van der Waals surface area contributed by atoms with Gasteiger partial charge in [0.1, 0.15) is 0 Å². The summed E-state index contributed by atoms with van der Waals surface area (Å²) in [7, 11) is -0.778. The van der Waals surface area contributed by atoms with Gasteiger partial charge in [-0.1, -0.05) is 0 Å². The van der Waals surface area contributed by atoms with Crippen molar-refractivity contribution in [3.05, 3.63) is 0 Å². The molecule has 1 nitrogen and oxygen atoms in total. The summed E-state index contributed by atoms with van der Waals surface area (Å²) in [5, 5.41) is 0. The van der Waals surface area contributed by atoms with E-state index in [0.717, 1.165) is 0 Å². The molecule has 0 N–H and O–H groups in total. The van der Waals surface area contributed by atoms with Crippen LogP contribution in [-0.2, 0) is 69.5 Å². The fourth-order valence-corrected chi connectivity index (χ4v) is 3.67. The van der Waals surface area contributed by atoms with Gasteiger partial charge < -0.3 is 4.12 Å². The van der Waals surface area contributed by atoms with Gasteiger partial charge in [-0.3, -0.25) is 0 Å². The first-order valence-electron chi connectivity index (χ1n) is 2.41. The van der Waals surface area contributed by atoms with Crippen molar-refractivity contribution in [2.75, 3.05) is 0 Å². The summed E-state index contributed by atoms with van der Waals surface area (Å²) >= 11 is 0. The number of hydrogen-bond acceptors (Lipinski definition) is 1. The minimum Gasteiger partial charge on any atom is -0.456 e. The van der Waals surface area contributed by atoms with Gasteiger partial charge in [-0.05, 0) is 26.2 Å². The van der Waals surface area contributed by atoms with Gasteiger partial charge in [0.15, 0.2) is 18.1 Å². The monoisotopic (exact) mass is 310 g/mol. The summed E-state index contributed by atoms with van der Waals surface area (Å²) in [5.41, 5.74) is 0. The van der Waals surface area contributed by atoms with Gasteiger partial charge in [0.05, 0.1) is 0 Å². The Kier molecular flexibility index (Phi) is 20.8. The second kappa shape index (κ2) is 10.6. The van der Waals surface area contributed by atoms with Gasteiger partial charge in [-0.25, -0.2) is 0 Å². The fraction of sp³-hybridized carbons (Fsp3) is 1.00. The van der Waals surface area contributed by atoms with Crippen LogP contribution in [0.2, 0.25) is 26.2 Å². The quantitative estimate of drug-likeness (QED) is 0.703. The van der Waals surface area contributed by atoms with E-state index in [1.54, 1.807) is 0 Å². The van der Waals surface area contributed by atoms with Crippen LogP contribution in [0.15, 0.2) is 0 Å². The van der Waals surface area contributed by atoms with E-state index in [4.69, 9.17) is 4.12 Å². The van der Waals surface area contributed by atoms with Gasteiger partial charge in [0.25, 0.3) is 0 Å². The molecule has 5 heteroatoms. The summed E-state index contributed by atoms with van der Waals surface area (Å²) in [4.78, 5) is 0. The topological polar surface area (TPSA) is 9.23 Å². The largest absolute Gasteiger partial charge is 0.456 e. The third kappa shape index (κ3) is 18.0. The third-order valence-electron chi connectivity index (χ3n) is 0.408. The van der Waals surface area contributed by atoms with E-state index in [9.17, 15) is 0 Å². The minimum absolute atomic E-state index is 0. The van der Waals surface area contributed by atoms with Crippen molar-refractivity contribution in [1.82, 2.24) is 0 Å². The third-order valence-corrected chi connectivity index (χ3v) is 3.67. The average molecular weight is 310 g/mol. The molecule has 48 valence electrons. The zero-order valence-corrected chi connectivity index (χ0v) is 14.2. The van der Waals surface area contributed by atoms with Crippen molar-refractivity contribution in [2.45, 2.75) is 26.2 Å². The maximum absolute atomic E-state index is 5.45. The van der Waals surface area contributed by atoms with E-state index in [2.05, 4.69) is 26.2 Å². The Hall–Kier alpha value is 2.60. The van der Waals surface area contributed by atoms with E-state index >= 15 is 0 Å². The van der Waals surface area contributed by atoms with Crippen molar-refractivity contribution >= 4 is 18.1 Å². The van der Waals surface area contributed by atoms with Crippen LogP contribution in [0.1, 0.15) is 0 Å². The standard InChI is InChI=1S/C4H12OSi2.2Y/c1-6(2)5-7(3)4;;/h1-4H3;;. The van der Waals surface area contributed by atoms with Gasteiger partial charge in [0.2, 0.25) is 0 Å². The molecule has 0 aliphatic heterocycles. The molecule has 0 unspecified atom stereocenters. The van der Waals surface area contributed by atoms with E-state index in [0.29, 0.717) is 0 Å². The smallest absolute Gasteiger partial charge is 0.191 e. The molecular weight excluding hydrogens is 298 g/mol. The van der Waals surface area contributed by atoms with Gasteiger partial charge in [-0.2, -0.15) is 0 Å². The molecule has 0 atom stereocenters.